The Balaban J connectivity index is 1.55. The topological polar surface area (TPSA) is 83.6 Å². The molecule has 2 fully saturated rings. The third-order valence-corrected chi connectivity index (χ3v) is 6.83. The van der Waals surface area contributed by atoms with Gasteiger partial charge in [-0.05, 0) is 51.3 Å². The van der Waals surface area contributed by atoms with E-state index in [9.17, 15) is 9.59 Å². The molecule has 0 aliphatic carbocycles. The van der Waals surface area contributed by atoms with Crippen LogP contribution in [0.25, 0.3) is 0 Å². The molecule has 1 unspecified atom stereocenters. The molecule has 2 N–H and O–H groups in total. The van der Waals surface area contributed by atoms with Gasteiger partial charge in [-0.2, -0.15) is 0 Å². The largest absolute Gasteiger partial charge is 0.378 e. The molecular formula is C27H29ClN4O3. The highest BCUT2D eigenvalue weighted by Crippen LogP contribution is 2.40. The molecule has 35 heavy (non-hydrogen) atoms. The average molecular weight is 493 g/mol. The van der Waals surface area contributed by atoms with Gasteiger partial charge in [-0.1, -0.05) is 36.2 Å². The maximum absolute atomic E-state index is 13.3. The fourth-order valence-corrected chi connectivity index (χ4v) is 5.16. The number of ether oxygens (including phenoxy) is 1. The van der Waals surface area contributed by atoms with Gasteiger partial charge in [-0.15, -0.1) is 5.92 Å². The van der Waals surface area contributed by atoms with Crippen molar-refractivity contribution in [2.24, 2.45) is 0 Å². The number of carbonyl (C=O) groups excluding carboxylic acids is 2. The van der Waals surface area contributed by atoms with Crippen molar-refractivity contribution < 1.29 is 14.3 Å². The Kier molecular flexibility index (Phi) is 7.15. The zero-order valence-corrected chi connectivity index (χ0v) is 20.9. The van der Waals surface area contributed by atoms with Gasteiger partial charge in [0.05, 0.1) is 34.3 Å². The molecule has 2 amide bonds. The van der Waals surface area contributed by atoms with E-state index in [0.29, 0.717) is 39.8 Å². The number of benzene rings is 1. The Bertz CT molecular complexity index is 1210. The zero-order chi connectivity index (χ0) is 25.2. The number of rotatable bonds is 4. The first-order chi connectivity index (χ1) is 16.7. The lowest BCUT2D eigenvalue weighted by molar-refractivity contribution is -0.138. The molecule has 1 aromatic carbocycles. The summed E-state index contributed by atoms with van der Waals surface area (Å²) in [7, 11) is 0. The fourth-order valence-electron chi connectivity index (χ4n) is 4.78. The third-order valence-electron chi connectivity index (χ3n) is 6.42. The number of halogens is 1. The summed E-state index contributed by atoms with van der Waals surface area (Å²) in [6, 6.07) is 7.12. The SMILES string of the molecule is C=C1N[C@](C)(c2cccc(NC(=O)c3cncc(C#CC)c3)c2Cl)CC(=O)N1[C@@H]1CCOC(C)C1. The van der Waals surface area contributed by atoms with Crippen molar-refractivity contribution >= 4 is 29.1 Å². The Morgan fingerprint density at radius 1 is 1.40 bits per heavy atom. The molecule has 2 aliphatic rings. The molecule has 0 saturated carbocycles. The molecule has 0 radical (unpaired) electrons. The van der Waals surface area contributed by atoms with Crippen LogP contribution in [0.15, 0.2) is 49.1 Å². The minimum Gasteiger partial charge on any atom is -0.378 e. The molecule has 2 aliphatic heterocycles. The predicted octanol–water partition coefficient (Wildman–Crippen LogP) is 4.43. The summed E-state index contributed by atoms with van der Waals surface area (Å²) in [5, 5.41) is 6.65. The number of aromatic nitrogens is 1. The molecule has 1 aromatic heterocycles. The van der Waals surface area contributed by atoms with E-state index in [-0.39, 0.29) is 30.4 Å². The second kappa shape index (κ2) is 10.1. The summed E-state index contributed by atoms with van der Waals surface area (Å²) in [5.74, 6) is 5.88. The van der Waals surface area contributed by atoms with Gasteiger partial charge in [0.25, 0.3) is 5.91 Å². The smallest absolute Gasteiger partial charge is 0.257 e. The molecular weight excluding hydrogens is 464 g/mol. The van der Waals surface area contributed by atoms with E-state index in [1.54, 1.807) is 36.2 Å². The quantitative estimate of drug-likeness (QED) is 0.617. The van der Waals surface area contributed by atoms with Crippen molar-refractivity contribution in [1.29, 1.82) is 0 Å². The molecule has 7 nitrogen and oxygen atoms in total. The van der Waals surface area contributed by atoms with Crippen LogP contribution in [0.5, 0.6) is 0 Å². The number of hydrogen-bond acceptors (Lipinski definition) is 5. The molecule has 3 atom stereocenters. The Morgan fingerprint density at radius 2 is 2.20 bits per heavy atom. The van der Waals surface area contributed by atoms with E-state index in [0.717, 1.165) is 12.8 Å². The van der Waals surface area contributed by atoms with Gasteiger partial charge < -0.3 is 15.4 Å². The predicted molar refractivity (Wildman–Crippen MR) is 136 cm³/mol. The Labute approximate surface area is 210 Å². The first-order valence-electron chi connectivity index (χ1n) is 11.6. The minimum absolute atomic E-state index is 0.0132. The van der Waals surface area contributed by atoms with Crippen molar-refractivity contribution in [3.05, 3.63) is 70.8 Å². The van der Waals surface area contributed by atoms with Crippen LogP contribution in [0.2, 0.25) is 5.02 Å². The summed E-state index contributed by atoms with van der Waals surface area (Å²) in [5.41, 5.74) is 1.40. The van der Waals surface area contributed by atoms with Gasteiger partial charge in [0, 0.05) is 30.6 Å². The monoisotopic (exact) mass is 492 g/mol. The lowest BCUT2D eigenvalue weighted by Gasteiger charge is -2.46. The van der Waals surface area contributed by atoms with Crippen LogP contribution >= 0.6 is 11.6 Å². The van der Waals surface area contributed by atoms with E-state index in [1.807, 2.05) is 19.9 Å². The van der Waals surface area contributed by atoms with Gasteiger partial charge in [0.15, 0.2) is 0 Å². The summed E-state index contributed by atoms with van der Waals surface area (Å²) >= 11 is 6.78. The first kappa shape index (κ1) is 24.8. The molecule has 0 bridgehead atoms. The van der Waals surface area contributed by atoms with Crippen LogP contribution in [0.4, 0.5) is 5.69 Å². The molecule has 4 rings (SSSR count). The van der Waals surface area contributed by atoms with Gasteiger partial charge in [0.2, 0.25) is 5.91 Å². The second-order valence-electron chi connectivity index (χ2n) is 9.16. The molecule has 2 aromatic rings. The van der Waals surface area contributed by atoms with Crippen molar-refractivity contribution in [3.63, 3.8) is 0 Å². The van der Waals surface area contributed by atoms with E-state index in [4.69, 9.17) is 16.3 Å². The highest BCUT2D eigenvalue weighted by atomic mass is 35.5. The Hall–Kier alpha value is -3.34. The maximum atomic E-state index is 13.3. The van der Waals surface area contributed by atoms with Gasteiger partial charge >= 0.3 is 0 Å². The third kappa shape index (κ3) is 5.19. The van der Waals surface area contributed by atoms with Crippen LogP contribution < -0.4 is 10.6 Å². The van der Waals surface area contributed by atoms with Crippen LogP contribution in [0.1, 0.15) is 61.5 Å². The van der Waals surface area contributed by atoms with Gasteiger partial charge in [0.1, 0.15) is 5.82 Å². The van der Waals surface area contributed by atoms with Crippen LogP contribution in [0, 0.1) is 11.8 Å². The molecule has 0 spiro atoms. The van der Waals surface area contributed by atoms with E-state index in [1.165, 1.54) is 6.20 Å². The van der Waals surface area contributed by atoms with Crippen LogP contribution in [0.3, 0.4) is 0 Å². The van der Waals surface area contributed by atoms with Gasteiger partial charge in [-0.25, -0.2) is 0 Å². The average Bonchev–Trinajstić information content (AvgIpc) is 2.80. The lowest BCUT2D eigenvalue weighted by Crippen LogP contribution is -2.57. The Morgan fingerprint density at radius 3 is 2.91 bits per heavy atom. The summed E-state index contributed by atoms with van der Waals surface area (Å²) < 4.78 is 5.64. The molecule has 2 saturated heterocycles. The number of nitrogens with one attached hydrogen (secondary N) is 2. The van der Waals surface area contributed by atoms with Gasteiger partial charge in [-0.3, -0.25) is 19.5 Å². The van der Waals surface area contributed by atoms with Crippen molar-refractivity contribution in [2.75, 3.05) is 11.9 Å². The fraction of sp³-hybridized carbons (Fsp3) is 0.370. The van der Waals surface area contributed by atoms with E-state index >= 15 is 0 Å². The summed E-state index contributed by atoms with van der Waals surface area (Å²) in [6.07, 6.45) is 4.93. The standard InChI is InChI=1S/C27H29ClN4O3/c1-5-7-19-13-20(16-29-15-19)26(34)30-23-9-6-8-22(25(23)28)27(4)14-24(33)32(18(3)31-27)21-10-11-35-17(2)12-21/h6,8-9,13,15-17,21,31H,3,10-12,14H2,1-2,4H3,(H,30,34)/t17?,21-,27+/m1/s1. The highest BCUT2D eigenvalue weighted by Gasteiger charge is 2.42. The molecule has 182 valence electrons. The van der Waals surface area contributed by atoms with Crippen molar-refractivity contribution in [2.45, 2.75) is 57.7 Å². The highest BCUT2D eigenvalue weighted by molar-refractivity contribution is 6.34. The first-order valence-corrected chi connectivity index (χ1v) is 12.0. The van der Waals surface area contributed by atoms with Crippen molar-refractivity contribution in [3.8, 4) is 11.8 Å². The van der Waals surface area contributed by atoms with Crippen LogP contribution in [-0.2, 0) is 15.1 Å². The van der Waals surface area contributed by atoms with Crippen LogP contribution in [-0.4, -0.2) is 40.5 Å². The summed E-state index contributed by atoms with van der Waals surface area (Å²) in [4.78, 5) is 32.0. The number of hydrogen-bond donors (Lipinski definition) is 2. The number of nitrogens with zero attached hydrogens (tertiary/aromatic N) is 2. The second-order valence-corrected chi connectivity index (χ2v) is 9.54. The number of pyridine rings is 1. The zero-order valence-electron chi connectivity index (χ0n) is 20.2. The number of amides is 2. The minimum atomic E-state index is -0.780. The normalized spacial score (nSPS) is 24.3. The number of carbonyl (C=O) groups is 2. The van der Waals surface area contributed by atoms with E-state index < -0.39 is 5.54 Å². The lowest BCUT2D eigenvalue weighted by atomic mass is 9.85. The molecule has 3 heterocycles. The van der Waals surface area contributed by atoms with E-state index in [2.05, 4.69) is 34.0 Å². The maximum Gasteiger partial charge on any atom is 0.257 e. The summed E-state index contributed by atoms with van der Waals surface area (Å²) in [6.45, 7) is 10.4. The number of anilines is 1. The van der Waals surface area contributed by atoms with Crippen molar-refractivity contribution in [1.82, 2.24) is 15.2 Å². The molecule has 8 heteroatoms.